The Balaban J connectivity index is 1.29. The lowest BCUT2D eigenvalue weighted by atomic mass is 9.83. The van der Waals surface area contributed by atoms with Gasteiger partial charge in [-0.2, -0.15) is 0 Å². The number of aliphatic hydroxyl groups excluding tert-OH is 1. The molecule has 0 bridgehead atoms. The number of carbonyl (C=O) groups excluding carboxylic acids is 2. The van der Waals surface area contributed by atoms with Gasteiger partial charge in [-0.15, -0.1) is 0 Å². The van der Waals surface area contributed by atoms with Crippen LogP contribution in [-0.4, -0.2) is 73.0 Å². The van der Waals surface area contributed by atoms with Crippen LogP contribution in [0, 0.1) is 5.92 Å². The topological polar surface area (TPSA) is 97.3 Å². The summed E-state index contributed by atoms with van der Waals surface area (Å²) >= 11 is 0. The van der Waals surface area contributed by atoms with Crippen LogP contribution in [-0.2, 0) is 19.1 Å². The smallest absolute Gasteiger partial charge is 0.227 e. The number of hydrogen-bond donors (Lipinski definition) is 2. The Labute approximate surface area is 181 Å². The van der Waals surface area contributed by atoms with Crippen molar-refractivity contribution in [2.45, 2.75) is 56.3 Å². The highest BCUT2D eigenvalue weighted by atomic mass is 16.6. The van der Waals surface area contributed by atoms with E-state index in [0.29, 0.717) is 32.7 Å². The zero-order chi connectivity index (χ0) is 21.4. The molecule has 1 aromatic rings. The van der Waals surface area contributed by atoms with E-state index in [-0.39, 0.29) is 48.9 Å². The van der Waals surface area contributed by atoms with Crippen LogP contribution in [0.15, 0.2) is 18.2 Å². The third-order valence-electron chi connectivity index (χ3n) is 7.01. The average molecular weight is 431 g/mol. The van der Waals surface area contributed by atoms with Crippen molar-refractivity contribution in [3.8, 4) is 5.75 Å². The standard InChI is InChI=1S/C23H30N2O6/c26-13-20-22-18(11-16(30-20)12-21(27)25-6-8-29-9-7-25)17-10-15(4-5-19(17)31-22)24-23(28)14-2-1-3-14/h4-5,10,14,16,18,20,22,26H,1-3,6-9,11-13H2,(H,24,28)/t16-,18+,20+,22-/m0/s1. The molecule has 3 aliphatic heterocycles. The summed E-state index contributed by atoms with van der Waals surface area (Å²) in [6.45, 7) is 2.19. The molecule has 1 aromatic carbocycles. The molecule has 0 unspecified atom stereocenters. The number of ether oxygens (including phenoxy) is 3. The van der Waals surface area contributed by atoms with Gasteiger partial charge in [0, 0.05) is 36.2 Å². The Bertz CT molecular complexity index is 835. The number of amides is 2. The van der Waals surface area contributed by atoms with E-state index in [9.17, 15) is 14.7 Å². The van der Waals surface area contributed by atoms with E-state index >= 15 is 0 Å². The van der Waals surface area contributed by atoms with Gasteiger partial charge in [-0.05, 0) is 37.5 Å². The zero-order valence-electron chi connectivity index (χ0n) is 17.6. The molecule has 4 aliphatic rings. The van der Waals surface area contributed by atoms with Crippen LogP contribution in [0.3, 0.4) is 0 Å². The van der Waals surface area contributed by atoms with Crippen molar-refractivity contribution in [2.75, 3.05) is 38.2 Å². The van der Waals surface area contributed by atoms with Gasteiger partial charge in [-0.3, -0.25) is 9.59 Å². The number of aliphatic hydroxyl groups is 1. The van der Waals surface area contributed by atoms with Gasteiger partial charge in [0.1, 0.15) is 18.0 Å². The van der Waals surface area contributed by atoms with E-state index < -0.39 is 6.10 Å². The Kier molecular flexibility index (Phi) is 5.86. The minimum absolute atomic E-state index is 0.0175. The molecule has 3 heterocycles. The van der Waals surface area contributed by atoms with Crippen LogP contribution in [0.5, 0.6) is 5.75 Å². The molecule has 2 saturated heterocycles. The van der Waals surface area contributed by atoms with Gasteiger partial charge in [0.05, 0.1) is 32.3 Å². The summed E-state index contributed by atoms with van der Waals surface area (Å²) in [7, 11) is 0. The van der Waals surface area contributed by atoms with Crippen molar-refractivity contribution in [3.05, 3.63) is 23.8 Å². The van der Waals surface area contributed by atoms with Crippen LogP contribution < -0.4 is 10.1 Å². The fourth-order valence-corrected chi connectivity index (χ4v) is 5.02. The third kappa shape index (κ3) is 4.16. The summed E-state index contributed by atoms with van der Waals surface area (Å²) in [5.74, 6) is 1.04. The fourth-order valence-electron chi connectivity index (χ4n) is 5.02. The van der Waals surface area contributed by atoms with Gasteiger partial charge in [0.2, 0.25) is 11.8 Å². The lowest BCUT2D eigenvalue weighted by molar-refractivity contribution is -0.151. The minimum atomic E-state index is -0.485. The molecule has 2 amide bonds. The summed E-state index contributed by atoms with van der Waals surface area (Å²) in [6, 6.07) is 5.73. The molecule has 1 saturated carbocycles. The van der Waals surface area contributed by atoms with Crippen LogP contribution in [0.2, 0.25) is 0 Å². The molecule has 8 nitrogen and oxygen atoms in total. The molecule has 8 heteroatoms. The van der Waals surface area contributed by atoms with Crippen LogP contribution in [0.1, 0.15) is 43.6 Å². The van der Waals surface area contributed by atoms with Crippen molar-refractivity contribution in [3.63, 3.8) is 0 Å². The predicted molar refractivity (Wildman–Crippen MR) is 112 cm³/mol. The third-order valence-corrected chi connectivity index (χ3v) is 7.01. The number of anilines is 1. The van der Waals surface area contributed by atoms with Gasteiger partial charge < -0.3 is 29.5 Å². The minimum Gasteiger partial charge on any atom is -0.487 e. The maximum absolute atomic E-state index is 12.7. The largest absolute Gasteiger partial charge is 0.487 e. The molecule has 5 rings (SSSR count). The van der Waals surface area contributed by atoms with Gasteiger partial charge in [0.15, 0.2) is 0 Å². The monoisotopic (exact) mass is 430 g/mol. The summed E-state index contributed by atoms with van der Waals surface area (Å²) in [5, 5.41) is 12.9. The first-order chi connectivity index (χ1) is 15.1. The summed E-state index contributed by atoms with van der Waals surface area (Å²) in [6.07, 6.45) is 2.91. The van der Waals surface area contributed by atoms with Crippen molar-refractivity contribution in [1.82, 2.24) is 4.90 Å². The molecule has 0 radical (unpaired) electrons. The lowest BCUT2D eigenvalue weighted by Gasteiger charge is -2.38. The highest BCUT2D eigenvalue weighted by molar-refractivity contribution is 5.93. The number of carbonyl (C=O) groups is 2. The van der Waals surface area contributed by atoms with Crippen LogP contribution in [0.4, 0.5) is 5.69 Å². The van der Waals surface area contributed by atoms with E-state index in [1.54, 1.807) is 0 Å². The highest BCUT2D eigenvalue weighted by Gasteiger charge is 2.46. The number of nitrogens with zero attached hydrogens (tertiary/aromatic N) is 1. The maximum atomic E-state index is 12.7. The Morgan fingerprint density at radius 2 is 2.00 bits per heavy atom. The van der Waals surface area contributed by atoms with Crippen LogP contribution >= 0.6 is 0 Å². The maximum Gasteiger partial charge on any atom is 0.227 e. The number of morpholine rings is 1. The van der Waals surface area contributed by atoms with E-state index in [4.69, 9.17) is 14.2 Å². The number of hydrogen-bond acceptors (Lipinski definition) is 6. The Morgan fingerprint density at radius 1 is 1.19 bits per heavy atom. The van der Waals surface area contributed by atoms with Crippen molar-refractivity contribution >= 4 is 17.5 Å². The summed E-state index contributed by atoms with van der Waals surface area (Å²) in [5.41, 5.74) is 1.79. The molecule has 1 aliphatic carbocycles. The molecule has 0 aromatic heterocycles. The van der Waals surface area contributed by atoms with Crippen LogP contribution in [0.25, 0.3) is 0 Å². The van der Waals surface area contributed by atoms with E-state index in [0.717, 1.165) is 36.3 Å². The van der Waals surface area contributed by atoms with Crippen molar-refractivity contribution in [2.24, 2.45) is 5.92 Å². The normalized spacial score (nSPS) is 30.0. The first-order valence-electron chi connectivity index (χ1n) is 11.4. The van der Waals surface area contributed by atoms with Gasteiger partial charge in [0.25, 0.3) is 0 Å². The molecular formula is C23H30N2O6. The molecule has 4 atom stereocenters. The second-order valence-corrected chi connectivity index (χ2v) is 8.97. The van der Waals surface area contributed by atoms with Crippen molar-refractivity contribution in [1.29, 1.82) is 0 Å². The number of nitrogens with one attached hydrogen (secondary N) is 1. The quantitative estimate of drug-likeness (QED) is 0.738. The predicted octanol–water partition coefficient (Wildman–Crippen LogP) is 1.67. The fraction of sp³-hybridized carbons (Fsp3) is 0.652. The number of benzene rings is 1. The number of fused-ring (bicyclic) bond motifs is 3. The van der Waals surface area contributed by atoms with Gasteiger partial charge >= 0.3 is 0 Å². The SMILES string of the molecule is O=C(Nc1ccc2c(c1)[C@H]1C[C@@H](CC(=O)N3CCOCC3)O[C@H](CO)[C@H]1O2)C1CCC1. The molecule has 0 spiro atoms. The molecule has 2 N–H and O–H groups in total. The Morgan fingerprint density at radius 3 is 2.71 bits per heavy atom. The van der Waals surface area contributed by atoms with Gasteiger partial charge in [-0.1, -0.05) is 6.42 Å². The van der Waals surface area contributed by atoms with E-state index in [1.165, 1.54) is 0 Å². The molecule has 31 heavy (non-hydrogen) atoms. The second-order valence-electron chi connectivity index (χ2n) is 8.97. The lowest BCUT2D eigenvalue weighted by Crippen LogP contribution is -2.48. The summed E-state index contributed by atoms with van der Waals surface area (Å²) < 4.78 is 17.5. The van der Waals surface area contributed by atoms with Gasteiger partial charge in [-0.25, -0.2) is 0 Å². The second kappa shape index (κ2) is 8.76. The van der Waals surface area contributed by atoms with E-state index in [2.05, 4.69) is 5.32 Å². The van der Waals surface area contributed by atoms with Crippen molar-refractivity contribution < 1.29 is 28.9 Å². The molecule has 3 fully saturated rings. The molecular weight excluding hydrogens is 400 g/mol. The zero-order valence-corrected chi connectivity index (χ0v) is 17.6. The first-order valence-corrected chi connectivity index (χ1v) is 11.4. The average Bonchev–Trinajstić information content (AvgIpc) is 3.10. The van der Waals surface area contributed by atoms with E-state index in [1.807, 2.05) is 23.1 Å². The highest BCUT2D eigenvalue weighted by Crippen LogP contribution is 2.47. The molecule has 168 valence electrons. The summed E-state index contributed by atoms with van der Waals surface area (Å²) in [4.78, 5) is 26.9. The Hall–Kier alpha value is -2.16. The number of rotatable bonds is 5. The first kappa shape index (κ1) is 20.7.